The maximum Gasteiger partial charge on any atom is 0.410 e. The summed E-state index contributed by atoms with van der Waals surface area (Å²) >= 11 is 0. The van der Waals surface area contributed by atoms with E-state index in [0.29, 0.717) is 19.7 Å². The molecule has 1 fully saturated rings. The van der Waals surface area contributed by atoms with Gasteiger partial charge in [-0.15, -0.1) is 0 Å². The molecule has 32 heavy (non-hydrogen) atoms. The molecule has 6 heteroatoms. The molecule has 170 valence electrons. The number of aromatic nitrogens is 2. The van der Waals surface area contributed by atoms with E-state index in [-0.39, 0.29) is 17.6 Å². The minimum absolute atomic E-state index is 0.188. The zero-order valence-electron chi connectivity index (χ0n) is 19.5. The Morgan fingerprint density at radius 3 is 2.25 bits per heavy atom. The minimum Gasteiger partial charge on any atom is -0.449 e. The summed E-state index contributed by atoms with van der Waals surface area (Å²) in [6.45, 7) is 8.33. The molecular formula is C26H34N4O2. The van der Waals surface area contributed by atoms with Crippen molar-refractivity contribution in [3.05, 3.63) is 78.2 Å². The van der Waals surface area contributed by atoms with E-state index in [0.717, 1.165) is 23.5 Å². The summed E-state index contributed by atoms with van der Waals surface area (Å²) < 4.78 is 7.58. The van der Waals surface area contributed by atoms with Crippen LogP contribution in [0.1, 0.15) is 44.6 Å². The van der Waals surface area contributed by atoms with Crippen molar-refractivity contribution in [3.63, 3.8) is 0 Å². The molecule has 4 rings (SSSR count). The fraction of sp³-hybridized carbons (Fsp3) is 0.385. The molecule has 0 saturated carbocycles. The standard InChI is InChI=1S/C25H29N3O2.CH5N/c1-25(2,3)22(28-15-10-16-30-24(28)29)23-26-21(20-13-8-5-9-14-20)18-27(23)17-19-11-6-4-7-12-19;1-2/h4-9,11-14,18,22H,10,15-17H2,1-3H3;2H2,1H3. The number of nitrogens with two attached hydrogens (primary N) is 1. The van der Waals surface area contributed by atoms with E-state index >= 15 is 0 Å². The van der Waals surface area contributed by atoms with Crippen LogP contribution in [0.2, 0.25) is 0 Å². The Labute approximate surface area is 191 Å². The van der Waals surface area contributed by atoms with Crippen molar-refractivity contribution in [2.24, 2.45) is 11.1 Å². The number of cyclic esters (lactones) is 1. The van der Waals surface area contributed by atoms with Gasteiger partial charge in [-0.3, -0.25) is 4.90 Å². The van der Waals surface area contributed by atoms with Crippen molar-refractivity contribution in [1.29, 1.82) is 0 Å². The summed E-state index contributed by atoms with van der Waals surface area (Å²) in [6.07, 6.45) is 2.69. The number of nitrogens with zero attached hydrogens (tertiary/aromatic N) is 3. The van der Waals surface area contributed by atoms with Crippen LogP contribution in [0, 0.1) is 5.41 Å². The SMILES string of the molecule is CC(C)(C)C(c1nc(-c2ccccc2)cn1Cc1ccccc1)N1CCCOC1=O.CN. The summed E-state index contributed by atoms with van der Waals surface area (Å²) in [6, 6.07) is 20.4. The average Bonchev–Trinajstić information content (AvgIpc) is 3.20. The second-order valence-corrected chi connectivity index (χ2v) is 8.89. The topological polar surface area (TPSA) is 73.4 Å². The Kier molecular flexibility index (Phi) is 7.70. The van der Waals surface area contributed by atoms with Crippen molar-refractivity contribution in [1.82, 2.24) is 14.5 Å². The normalized spacial score (nSPS) is 14.9. The minimum atomic E-state index is -0.253. The molecule has 3 aromatic rings. The van der Waals surface area contributed by atoms with Gasteiger partial charge in [0.2, 0.25) is 0 Å². The van der Waals surface area contributed by atoms with E-state index in [1.807, 2.05) is 41.3 Å². The van der Waals surface area contributed by atoms with E-state index in [9.17, 15) is 4.79 Å². The smallest absolute Gasteiger partial charge is 0.410 e. The van der Waals surface area contributed by atoms with E-state index < -0.39 is 0 Å². The summed E-state index contributed by atoms with van der Waals surface area (Å²) in [7, 11) is 1.50. The predicted molar refractivity (Wildman–Crippen MR) is 128 cm³/mol. The Balaban J connectivity index is 0.00000141. The lowest BCUT2D eigenvalue weighted by molar-refractivity contribution is 0.0235. The molecule has 2 aromatic carbocycles. The van der Waals surface area contributed by atoms with Crippen LogP contribution >= 0.6 is 0 Å². The fourth-order valence-corrected chi connectivity index (χ4v) is 4.10. The molecule has 0 spiro atoms. The van der Waals surface area contributed by atoms with Gasteiger partial charge < -0.3 is 15.0 Å². The predicted octanol–water partition coefficient (Wildman–Crippen LogP) is 5.10. The van der Waals surface area contributed by atoms with Crippen LogP contribution < -0.4 is 5.73 Å². The number of ether oxygens (including phenoxy) is 1. The first-order chi connectivity index (χ1) is 15.4. The van der Waals surface area contributed by atoms with Crippen LogP contribution in [0.25, 0.3) is 11.3 Å². The molecule has 0 aliphatic carbocycles. The van der Waals surface area contributed by atoms with Gasteiger partial charge in [0.25, 0.3) is 0 Å². The molecule has 2 N–H and O–H groups in total. The Bertz CT molecular complexity index is 994. The highest BCUT2D eigenvalue weighted by Gasteiger charge is 2.40. The lowest BCUT2D eigenvalue weighted by Crippen LogP contribution is -2.46. The third-order valence-electron chi connectivity index (χ3n) is 5.45. The van der Waals surface area contributed by atoms with Gasteiger partial charge in [0.05, 0.1) is 18.3 Å². The van der Waals surface area contributed by atoms with Crippen LogP contribution in [-0.2, 0) is 11.3 Å². The van der Waals surface area contributed by atoms with Crippen LogP contribution in [0.3, 0.4) is 0 Å². The van der Waals surface area contributed by atoms with Crippen molar-refractivity contribution >= 4 is 6.09 Å². The van der Waals surface area contributed by atoms with E-state index in [1.54, 1.807) is 0 Å². The Morgan fingerprint density at radius 2 is 1.66 bits per heavy atom. The lowest BCUT2D eigenvalue weighted by atomic mass is 9.84. The summed E-state index contributed by atoms with van der Waals surface area (Å²) in [4.78, 5) is 19.6. The first-order valence-corrected chi connectivity index (χ1v) is 11.1. The van der Waals surface area contributed by atoms with Crippen molar-refractivity contribution in [3.8, 4) is 11.3 Å². The van der Waals surface area contributed by atoms with Crippen molar-refractivity contribution in [2.75, 3.05) is 20.2 Å². The number of imidazole rings is 1. The van der Waals surface area contributed by atoms with Crippen LogP contribution in [0.15, 0.2) is 66.9 Å². The summed E-state index contributed by atoms with van der Waals surface area (Å²) in [5, 5.41) is 0. The maximum atomic E-state index is 12.7. The third-order valence-corrected chi connectivity index (χ3v) is 5.45. The van der Waals surface area contributed by atoms with Gasteiger partial charge in [-0.25, -0.2) is 9.78 Å². The van der Waals surface area contributed by atoms with Crippen molar-refractivity contribution in [2.45, 2.75) is 39.8 Å². The molecule has 2 heterocycles. The second-order valence-electron chi connectivity index (χ2n) is 8.89. The summed E-state index contributed by atoms with van der Waals surface area (Å²) in [5.41, 5.74) is 7.48. The average molecular weight is 435 g/mol. The highest BCUT2D eigenvalue weighted by molar-refractivity contribution is 5.69. The zero-order chi connectivity index (χ0) is 23.1. The van der Waals surface area contributed by atoms with Gasteiger partial charge >= 0.3 is 6.09 Å². The molecule has 0 radical (unpaired) electrons. The molecule has 1 amide bonds. The van der Waals surface area contributed by atoms with Gasteiger partial charge in [-0.2, -0.15) is 0 Å². The van der Waals surface area contributed by atoms with Crippen LogP contribution in [-0.4, -0.2) is 40.7 Å². The first kappa shape index (κ1) is 23.5. The molecule has 1 unspecified atom stereocenters. The molecule has 0 bridgehead atoms. The lowest BCUT2D eigenvalue weighted by Gasteiger charge is -2.40. The van der Waals surface area contributed by atoms with Gasteiger partial charge in [0, 0.05) is 24.8 Å². The Hall–Kier alpha value is -3.12. The molecule has 6 nitrogen and oxygen atoms in total. The number of hydrogen-bond acceptors (Lipinski definition) is 4. The van der Waals surface area contributed by atoms with Gasteiger partial charge in [0.15, 0.2) is 0 Å². The quantitative estimate of drug-likeness (QED) is 0.606. The highest BCUT2D eigenvalue weighted by atomic mass is 16.6. The van der Waals surface area contributed by atoms with E-state index in [1.165, 1.54) is 12.6 Å². The number of carbonyl (C=O) groups excluding carboxylic acids is 1. The molecule has 1 atom stereocenters. The number of benzene rings is 2. The molecular weight excluding hydrogens is 400 g/mol. The van der Waals surface area contributed by atoms with Gasteiger partial charge in [-0.05, 0) is 24.4 Å². The number of hydrogen-bond donors (Lipinski definition) is 1. The van der Waals surface area contributed by atoms with E-state index in [2.05, 4.69) is 61.5 Å². The zero-order valence-corrected chi connectivity index (χ0v) is 19.5. The monoisotopic (exact) mass is 434 g/mol. The molecule has 1 aliphatic heterocycles. The highest BCUT2D eigenvalue weighted by Crippen LogP contribution is 2.40. The van der Waals surface area contributed by atoms with E-state index in [4.69, 9.17) is 9.72 Å². The van der Waals surface area contributed by atoms with Crippen LogP contribution in [0.5, 0.6) is 0 Å². The second kappa shape index (κ2) is 10.5. The maximum absolute atomic E-state index is 12.7. The first-order valence-electron chi connectivity index (χ1n) is 11.1. The third kappa shape index (κ3) is 5.37. The largest absolute Gasteiger partial charge is 0.449 e. The fourth-order valence-electron chi connectivity index (χ4n) is 4.10. The number of amides is 1. The number of rotatable bonds is 5. The van der Waals surface area contributed by atoms with Crippen molar-refractivity contribution < 1.29 is 9.53 Å². The molecule has 1 aliphatic rings. The van der Waals surface area contributed by atoms with Crippen LogP contribution in [0.4, 0.5) is 4.79 Å². The molecule has 1 aromatic heterocycles. The van der Waals surface area contributed by atoms with Gasteiger partial charge in [-0.1, -0.05) is 81.4 Å². The Morgan fingerprint density at radius 1 is 1.03 bits per heavy atom. The van der Waals surface area contributed by atoms with Gasteiger partial charge in [0.1, 0.15) is 5.82 Å². The number of carbonyl (C=O) groups is 1. The molecule has 1 saturated heterocycles. The summed E-state index contributed by atoms with van der Waals surface area (Å²) in [5.74, 6) is 0.893.